The molecule has 2 aromatic carbocycles. The quantitative estimate of drug-likeness (QED) is 0.532. The first-order valence-electron chi connectivity index (χ1n) is 9.44. The molecule has 8 heteroatoms. The topological polar surface area (TPSA) is 75.5 Å². The van der Waals surface area contributed by atoms with Crippen molar-refractivity contribution in [1.82, 2.24) is 10.2 Å². The van der Waals surface area contributed by atoms with E-state index in [1.165, 1.54) is 17.8 Å². The lowest BCUT2D eigenvalue weighted by molar-refractivity contribution is -0.387. The summed E-state index contributed by atoms with van der Waals surface area (Å²) in [6.07, 6.45) is 2.05. The van der Waals surface area contributed by atoms with Crippen molar-refractivity contribution in [2.45, 2.75) is 29.6 Å². The Bertz CT molecular complexity index is 859. The zero-order valence-electron chi connectivity index (χ0n) is 16.6. The SMILES string of the molecule is CNCC1CCCN(C(=O)c2ccc(Sc3ccc(C)cc3)c([N+](=O)[O-])c2)C1.Cl. The molecular formula is C21H26ClN3O3S. The van der Waals surface area contributed by atoms with E-state index >= 15 is 0 Å². The Hall–Kier alpha value is -2.09. The van der Waals surface area contributed by atoms with Gasteiger partial charge in [0.05, 0.1) is 9.82 Å². The maximum Gasteiger partial charge on any atom is 0.284 e. The van der Waals surface area contributed by atoms with Crippen LogP contribution in [-0.4, -0.2) is 42.4 Å². The fraction of sp³-hybridized carbons (Fsp3) is 0.381. The minimum atomic E-state index is -0.409. The van der Waals surface area contributed by atoms with Crippen LogP contribution in [0.25, 0.3) is 0 Å². The zero-order valence-corrected chi connectivity index (χ0v) is 18.2. The first kappa shape index (κ1) is 23.2. The Balaban J connectivity index is 0.00000300. The number of nitrogens with one attached hydrogen (secondary N) is 1. The fourth-order valence-corrected chi connectivity index (χ4v) is 4.40. The summed E-state index contributed by atoms with van der Waals surface area (Å²) in [7, 11) is 1.91. The molecule has 0 spiro atoms. The first-order valence-corrected chi connectivity index (χ1v) is 10.3. The molecule has 1 heterocycles. The van der Waals surface area contributed by atoms with Gasteiger partial charge in [0.15, 0.2) is 0 Å². The lowest BCUT2D eigenvalue weighted by atomic mass is 9.97. The minimum absolute atomic E-state index is 0. The van der Waals surface area contributed by atoms with E-state index in [0.29, 0.717) is 29.5 Å². The van der Waals surface area contributed by atoms with E-state index in [0.717, 1.165) is 29.8 Å². The Morgan fingerprint density at radius 3 is 2.66 bits per heavy atom. The van der Waals surface area contributed by atoms with Crippen molar-refractivity contribution >= 4 is 35.8 Å². The maximum atomic E-state index is 12.9. The van der Waals surface area contributed by atoms with Crippen LogP contribution in [-0.2, 0) is 0 Å². The molecule has 2 aromatic rings. The number of benzene rings is 2. The van der Waals surface area contributed by atoms with Crippen LogP contribution in [0.4, 0.5) is 5.69 Å². The molecule has 1 unspecified atom stereocenters. The van der Waals surface area contributed by atoms with Crippen molar-refractivity contribution in [3.05, 3.63) is 63.7 Å². The third-order valence-corrected chi connectivity index (χ3v) is 6.02. The molecule has 1 aliphatic heterocycles. The summed E-state index contributed by atoms with van der Waals surface area (Å²) in [4.78, 5) is 27.4. The number of piperidine rings is 1. The summed E-state index contributed by atoms with van der Waals surface area (Å²) in [6, 6.07) is 12.6. The fourth-order valence-electron chi connectivity index (χ4n) is 3.50. The molecule has 0 radical (unpaired) electrons. The van der Waals surface area contributed by atoms with Gasteiger partial charge in [0.25, 0.3) is 11.6 Å². The number of nitrogens with zero attached hydrogens (tertiary/aromatic N) is 2. The molecule has 1 amide bonds. The van der Waals surface area contributed by atoms with Crippen LogP contribution in [0.5, 0.6) is 0 Å². The highest BCUT2D eigenvalue weighted by Gasteiger charge is 2.26. The van der Waals surface area contributed by atoms with Gasteiger partial charge in [-0.25, -0.2) is 0 Å². The highest BCUT2D eigenvalue weighted by atomic mass is 35.5. The predicted octanol–water partition coefficient (Wildman–Crippen LogP) is 4.55. The van der Waals surface area contributed by atoms with Crippen LogP contribution < -0.4 is 5.32 Å². The second-order valence-electron chi connectivity index (χ2n) is 7.17. The van der Waals surface area contributed by atoms with Crippen LogP contribution in [0.15, 0.2) is 52.3 Å². The Kier molecular flexibility index (Phi) is 8.49. The van der Waals surface area contributed by atoms with Gasteiger partial charge in [-0.1, -0.05) is 29.5 Å². The molecule has 1 atom stereocenters. The molecule has 3 rings (SSSR count). The third kappa shape index (κ3) is 5.95. The number of hydrogen-bond acceptors (Lipinski definition) is 5. The summed E-state index contributed by atoms with van der Waals surface area (Å²) in [5.41, 5.74) is 1.49. The average Bonchev–Trinajstić information content (AvgIpc) is 2.70. The number of nitro groups is 1. The standard InChI is InChI=1S/C21H25N3O3S.ClH/c1-15-5-8-18(9-6-15)28-20-10-7-17(12-19(20)24(26)27)21(25)23-11-3-4-16(14-23)13-22-2;/h5-10,12,16,22H,3-4,11,13-14H2,1-2H3;1H. The Morgan fingerprint density at radius 1 is 1.28 bits per heavy atom. The maximum absolute atomic E-state index is 12.9. The Labute approximate surface area is 181 Å². The van der Waals surface area contributed by atoms with E-state index in [1.807, 2.05) is 43.1 Å². The normalized spacial score (nSPS) is 16.2. The summed E-state index contributed by atoms with van der Waals surface area (Å²) >= 11 is 1.34. The molecule has 29 heavy (non-hydrogen) atoms. The number of aryl methyl sites for hydroxylation is 1. The van der Waals surface area contributed by atoms with E-state index < -0.39 is 4.92 Å². The van der Waals surface area contributed by atoms with Crippen LogP contribution in [0, 0.1) is 23.0 Å². The van der Waals surface area contributed by atoms with Crippen molar-refractivity contribution in [1.29, 1.82) is 0 Å². The van der Waals surface area contributed by atoms with Gasteiger partial charge in [-0.05, 0) is 63.5 Å². The summed E-state index contributed by atoms with van der Waals surface area (Å²) in [6.45, 7) is 4.26. The number of hydrogen-bond donors (Lipinski definition) is 1. The Morgan fingerprint density at radius 2 is 2.00 bits per heavy atom. The van der Waals surface area contributed by atoms with Gasteiger partial charge in [-0.2, -0.15) is 0 Å². The largest absolute Gasteiger partial charge is 0.338 e. The van der Waals surface area contributed by atoms with Gasteiger partial charge in [0.2, 0.25) is 0 Å². The second kappa shape index (κ2) is 10.6. The summed E-state index contributed by atoms with van der Waals surface area (Å²) in [5.74, 6) is 0.296. The van der Waals surface area contributed by atoms with E-state index in [9.17, 15) is 14.9 Å². The highest BCUT2D eigenvalue weighted by Crippen LogP contribution is 2.35. The molecule has 0 saturated carbocycles. The lowest BCUT2D eigenvalue weighted by Gasteiger charge is -2.32. The molecule has 156 valence electrons. The first-order chi connectivity index (χ1) is 13.5. The van der Waals surface area contributed by atoms with Gasteiger partial charge >= 0.3 is 0 Å². The number of carbonyl (C=O) groups is 1. The summed E-state index contributed by atoms with van der Waals surface area (Å²) < 4.78 is 0. The van der Waals surface area contributed by atoms with E-state index in [4.69, 9.17) is 0 Å². The lowest BCUT2D eigenvalue weighted by Crippen LogP contribution is -2.42. The van der Waals surface area contributed by atoms with Crippen molar-refractivity contribution < 1.29 is 9.72 Å². The number of amides is 1. The number of rotatable bonds is 6. The van der Waals surface area contributed by atoms with Gasteiger partial charge in [-0.15, -0.1) is 12.4 Å². The molecule has 1 aliphatic rings. The van der Waals surface area contributed by atoms with Crippen LogP contribution in [0.2, 0.25) is 0 Å². The monoisotopic (exact) mass is 435 g/mol. The van der Waals surface area contributed by atoms with E-state index in [-0.39, 0.29) is 24.0 Å². The number of likely N-dealkylation sites (tertiary alicyclic amines) is 1. The predicted molar refractivity (Wildman–Crippen MR) is 118 cm³/mol. The molecule has 0 aromatic heterocycles. The highest BCUT2D eigenvalue weighted by molar-refractivity contribution is 7.99. The summed E-state index contributed by atoms with van der Waals surface area (Å²) in [5, 5.41) is 14.8. The van der Waals surface area contributed by atoms with Crippen molar-refractivity contribution in [2.75, 3.05) is 26.7 Å². The zero-order chi connectivity index (χ0) is 20.1. The molecule has 1 N–H and O–H groups in total. The van der Waals surface area contributed by atoms with E-state index in [1.54, 1.807) is 12.1 Å². The van der Waals surface area contributed by atoms with Crippen LogP contribution in [0.3, 0.4) is 0 Å². The smallest absolute Gasteiger partial charge is 0.284 e. The average molecular weight is 436 g/mol. The third-order valence-electron chi connectivity index (χ3n) is 4.95. The minimum Gasteiger partial charge on any atom is -0.338 e. The second-order valence-corrected chi connectivity index (χ2v) is 8.29. The van der Waals surface area contributed by atoms with Crippen molar-refractivity contribution in [3.8, 4) is 0 Å². The van der Waals surface area contributed by atoms with Gasteiger partial charge in [-0.3, -0.25) is 14.9 Å². The van der Waals surface area contributed by atoms with E-state index in [2.05, 4.69) is 5.32 Å². The molecular weight excluding hydrogens is 410 g/mol. The molecule has 6 nitrogen and oxygen atoms in total. The van der Waals surface area contributed by atoms with Crippen molar-refractivity contribution in [2.24, 2.45) is 5.92 Å². The van der Waals surface area contributed by atoms with Gasteiger partial charge in [0.1, 0.15) is 0 Å². The van der Waals surface area contributed by atoms with Crippen molar-refractivity contribution in [3.63, 3.8) is 0 Å². The molecule has 0 bridgehead atoms. The van der Waals surface area contributed by atoms with Crippen LogP contribution in [0.1, 0.15) is 28.8 Å². The molecule has 1 saturated heterocycles. The van der Waals surface area contributed by atoms with Gasteiger partial charge < -0.3 is 10.2 Å². The van der Waals surface area contributed by atoms with Gasteiger partial charge in [0, 0.05) is 29.6 Å². The number of carbonyl (C=O) groups excluding carboxylic acids is 1. The van der Waals surface area contributed by atoms with Crippen LogP contribution >= 0.6 is 24.2 Å². The number of halogens is 1. The molecule has 1 fully saturated rings. The molecule has 0 aliphatic carbocycles. The number of nitro benzene ring substituents is 1.